The van der Waals surface area contributed by atoms with E-state index < -0.39 is 0 Å². The van der Waals surface area contributed by atoms with Gasteiger partial charge in [-0.2, -0.15) is 0 Å². The average molecular weight is 373 g/mol. The van der Waals surface area contributed by atoms with Gasteiger partial charge in [0, 0.05) is 38.1 Å². The van der Waals surface area contributed by atoms with Gasteiger partial charge in [-0.1, -0.05) is 13.0 Å². The lowest BCUT2D eigenvalue weighted by Gasteiger charge is -2.20. The van der Waals surface area contributed by atoms with E-state index in [1.165, 1.54) is 19.4 Å². The van der Waals surface area contributed by atoms with Crippen LogP contribution in [0.15, 0.2) is 23.2 Å². The predicted octanol–water partition coefficient (Wildman–Crippen LogP) is 2.39. The zero-order chi connectivity index (χ0) is 18.6. The molecule has 6 nitrogen and oxygen atoms in total. The Labute approximate surface area is 162 Å². The van der Waals surface area contributed by atoms with Gasteiger partial charge in [0.05, 0.1) is 19.8 Å². The zero-order valence-corrected chi connectivity index (χ0v) is 16.5. The van der Waals surface area contributed by atoms with Crippen molar-refractivity contribution in [1.29, 1.82) is 0 Å². The Morgan fingerprint density at radius 1 is 1.19 bits per heavy atom. The molecule has 2 N–H and O–H groups in total. The summed E-state index contributed by atoms with van der Waals surface area (Å²) in [5, 5.41) is 7.06. The first-order chi connectivity index (χ1) is 13.2. The molecule has 4 rings (SSSR count). The Balaban J connectivity index is 1.39. The van der Waals surface area contributed by atoms with Crippen molar-refractivity contribution in [3.8, 4) is 11.5 Å². The molecule has 1 saturated carbocycles. The standard InChI is InChI=1S/C21H32N4O2/c1-3-22-21(24-18-14-25(13-15(18)2)17-6-7-17)23-12-16-5-8-19-20(11-16)27-10-4-9-26-19/h5,8,11,15,17-18H,3-4,6-7,9-10,12-14H2,1-2H3,(H2,22,23,24). The van der Waals surface area contributed by atoms with Crippen LogP contribution in [0.3, 0.4) is 0 Å². The summed E-state index contributed by atoms with van der Waals surface area (Å²) in [5.41, 5.74) is 1.13. The van der Waals surface area contributed by atoms with Crippen molar-refractivity contribution in [3.05, 3.63) is 23.8 Å². The fourth-order valence-electron chi connectivity index (χ4n) is 3.90. The summed E-state index contributed by atoms with van der Waals surface area (Å²) in [7, 11) is 0. The Hall–Kier alpha value is -1.95. The minimum atomic E-state index is 0.465. The van der Waals surface area contributed by atoms with Crippen LogP contribution in [0, 0.1) is 5.92 Å². The average Bonchev–Trinajstić information content (AvgIpc) is 3.47. The van der Waals surface area contributed by atoms with Gasteiger partial charge in [0.1, 0.15) is 0 Å². The second-order valence-corrected chi connectivity index (χ2v) is 7.94. The molecule has 1 aromatic carbocycles. The van der Waals surface area contributed by atoms with Gasteiger partial charge in [0.25, 0.3) is 0 Å². The van der Waals surface area contributed by atoms with Gasteiger partial charge in [0.2, 0.25) is 0 Å². The summed E-state index contributed by atoms with van der Waals surface area (Å²) in [6.07, 6.45) is 3.67. The van der Waals surface area contributed by atoms with Crippen LogP contribution in [-0.4, -0.2) is 55.8 Å². The van der Waals surface area contributed by atoms with E-state index in [9.17, 15) is 0 Å². The Morgan fingerprint density at radius 2 is 2.00 bits per heavy atom. The van der Waals surface area contributed by atoms with Crippen LogP contribution in [0.2, 0.25) is 0 Å². The largest absolute Gasteiger partial charge is 0.490 e. The Morgan fingerprint density at radius 3 is 2.78 bits per heavy atom. The van der Waals surface area contributed by atoms with Crippen LogP contribution in [0.5, 0.6) is 11.5 Å². The molecule has 1 aromatic rings. The van der Waals surface area contributed by atoms with E-state index in [1.54, 1.807) is 0 Å². The van der Waals surface area contributed by atoms with Crippen LogP contribution in [-0.2, 0) is 6.54 Å². The van der Waals surface area contributed by atoms with Crippen molar-refractivity contribution in [3.63, 3.8) is 0 Å². The minimum Gasteiger partial charge on any atom is -0.490 e. The van der Waals surface area contributed by atoms with E-state index in [2.05, 4.69) is 41.5 Å². The van der Waals surface area contributed by atoms with Gasteiger partial charge in [-0.25, -0.2) is 4.99 Å². The van der Waals surface area contributed by atoms with E-state index in [-0.39, 0.29) is 0 Å². The van der Waals surface area contributed by atoms with E-state index in [1.807, 2.05) is 6.07 Å². The highest BCUT2D eigenvalue weighted by atomic mass is 16.5. The van der Waals surface area contributed by atoms with Crippen LogP contribution < -0.4 is 20.1 Å². The summed E-state index contributed by atoms with van der Waals surface area (Å²) in [6, 6.07) is 7.43. The molecule has 0 amide bonds. The van der Waals surface area contributed by atoms with Gasteiger partial charge in [-0.05, 0) is 43.4 Å². The van der Waals surface area contributed by atoms with Crippen LogP contribution in [0.25, 0.3) is 0 Å². The van der Waals surface area contributed by atoms with Crippen LogP contribution in [0.1, 0.15) is 38.7 Å². The smallest absolute Gasteiger partial charge is 0.191 e. The van der Waals surface area contributed by atoms with Gasteiger partial charge < -0.3 is 20.1 Å². The minimum absolute atomic E-state index is 0.465. The number of aliphatic imine (C=N–C) groups is 1. The third-order valence-electron chi connectivity index (χ3n) is 5.60. The first kappa shape index (κ1) is 18.4. The van der Waals surface area contributed by atoms with Gasteiger partial charge in [0.15, 0.2) is 17.5 Å². The van der Waals surface area contributed by atoms with E-state index >= 15 is 0 Å². The Bertz CT molecular complexity index is 674. The molecule has 3 aliphatic rings. The van der Waals surface area contributed by atoms with Crippen molar-refractivity contribution >= 4 is 5.96 Å². The second-order valence-electron chi connectivity index (χ2n) is 7.94. The lowest BCUT2D eigenvalue weighted by molar-refractivity contribution is 0.297. The normalized spacial score (nSPS) is 25.9. The first-order valence-corrected chi connectivity index (χ1v) is 10.4. The van der Waals surface area contributed by atoms with Crippen molar-refractivity contribution in [2.24, 2.45) is 10.9 Å². The SMILES string of the molecule is CCNC(=NCc1ccc2c(c1)OCCCO2)NC1CN(C2CC2)CC1C. The number of fused-ring (bicyclic) bond motifs is 1. The summed E-state index contributed by atoms with van der Waals surface area (Å²) >= 11 is 0. The number of hydrogen-bond donors (Lipinski definition) is 2. The lowest BCUT2D eigenvalue weighted by atomic mass is 10.1. The third-order valence-corrected chi connectivity index (χ3v) is 5.60. The van der Waals surface area contributed by atoms with Gasteiger partial charge >= 0.3 is 0 Å². The first-order valence-electron chi connectivity index (χ1n) is 10.4. The van der Waals surface area contributed by atoms with Crippen LogP contribution in [0.4, 0.5) is 0 Å². The molecule has 0 bridgehead atoms. The molecular formula is C21H32N4O2. The molecule has 1 aliphatic carbocycles. The van der Waals surface area contributed by atoms with Gasteiger partial charge in [-0.15, -0.1) is 0 Å². The Kier molecular flexibility index (Phi) is 5.72. The van der Waals surface area contributed by atoms with E-state index in [0.717, 1.165) is 55.2 Å². The second kappa shape index (κ2) is 8.38. The van der Waals surface area contributed by atoms with Crippen molar-refractivity contribution in [1.82, 2.24) is 15.5 Å². The highest BCUT2D eigenvalue weighted by molar-refractivity contribution is 5.80. The van der Waals surface area contributed by atoms with Crippen molar-refractivity contribution < 1.29 is 9.47 Å². The molecule has 0 aromatic heterocycles. The molecule has 148 valence electrons. The molecule has 6 heteroatoms. The fourth-order valence-corrected chi connectivity index (χ4v) is 3.90. The van der Waals surface area contributed by atoms with E-state index in [0.29, 0.717) is 25.1 Å². The van der Waals surface area contributed by atoms with E-state index in [4.69, 9.17) is 14.5 Å². The number of guanidine groups is 1. The molecule has 2 heterocycles. The maximum Gasteiger partial charge on any atom is 0.191 e. The molecule has 1 saturated heterocycles. The molecule has 2 fully saturated rings. The number of likely N-dealkylation sites (tertiary alicyclic amines) is 1. The molecule has 0 radical (unpaired) electrons. The molecule has 2 unspecified atom stereocenters. The van der Waals surface area contributed by atoms with Crippen LogP contribution >= 0.6 is 0 Å². The number of rotatable bonds is 5. The maximum atomic E-state index is 5.79. The molecule has 0 spiro atoms. The summed E-state index contributed by atoms with van der Waals surface area (Å²) in [5.74, 6) is 3.22. The summed E-state index contributed by atoms with van der Waals surface area (Å²) < 4.78 is 11.5. The quantitative estimate of drug-likeness (QED) is 0.614. The van der Waals surface area contributed by atoms with Crippen molar-refractivity contribution in [2.75, 3.05) is 32.8 Å². The van der Waals surface area contributed by atoms with Gasteiger partial charge in [-0.3, -0.25) is 4.90 Å². The highest BCUT2D eigenvalue weighted by Gasteiger charge is 2.38. The molecule has 27 heavy (non-hydrogen) atoms. The molecule has 2 aliphatic heterocycles. The number of benzene rings is 1. The third kappa shape index (κ3) is 4.67. The monoisotopic (exact) mass is 372 g/mol. The topological polar surface area (TPSA) is 58.1 Å². The summed E-state index contributed by atoms with van der Waals surface area (Å²) in [6.45, 7) is 9.69. The highest BCUT2D eigenvalue weighted by Crippen LogP contribution is 2.32. The van der Waals surface area contributed by atoms with Crippen molar-refractivity contribution in [2.45, 2.75) is 51.7 Å². The number of hydrogen-bond acceptors (Lipinski definition) is 4. The predicted molar refractivity (Wildman–Crippen MR) is 108 cm³/mol. The molecule has 2 atom stereocenters. The number of nitrogens with zero attached hydrogens (tertiary/aromatic N) is 2. The fraction of sp³-hybridized carbons (Fsp3) is 0.667. The lowest BCUT2D eigenvalue weighted by Crippen LogP contribution is -2.46. The number of nitrogens with one attached hydrogen (secondary N) is 2. The number of ether oxygens (including phenoxy) is 2. The maximum absolute atomic E-state index is 5.79. The molecular weight excluding hydrogens is 340 g/mol. The zero-order valence-electron chi connectivity index (χ0n) is 16.5. The summed E-state index contributed by atoms with van der Waals surface area (Å²) in [4.78, 5) is 7.45.